The van der Waals surface area contributed by atoms with Gasteiger partial charge >= 0.3 is 5.97 Å². The number of aryl methyl sites for hydroxylation is 1. The second-order valence-corrected chi connectivity index (χ2v) is 2.79. The van der Waals surface area contributed by atoms with Crippen LogP contribution in [0.2, 0.25) is 0 Å². The molecule has 13 heavy (non-hydrogen) atoms. The Morgan fingerprint density at radius 2 is 2.46 bits per heavy atom. The van der Waals surface area contributed by atoms with Gasteiger partial charge in [-0.05, 0) is 13.8 Å². The minimum atomic E-state index is -0.381. The first kappa shape index (κ1) is 9.51. The van der Waals surface area contributed by atoms with Crippen LogP contribution in [-0.4, -0.2) is 15.5 Å². The van der Waals surface area contributed by atoms with E-state index in [9.17, 15) is 4.79 Å². The van der Waals surface area contributed by atoms with E-state index in [2.05, 4.69) is 11.6 Å². The molecule has 0 aliphatic carbocycles. The van der Waals surface area contributed by atoms with Crippen molar-refractivity contribution in [1.29, 1.82) is 0 Å². The predicted molar refractivity (Wildman–Crippen MR) is 47.9 cm³/mol. The molecule has 0 spiro atoms. The van der Waals surface area contributed by atoms with Gasteiger partial charge in [0.2, 0.25) is 0 Å². The fraction of sp³-hybridized carbons (Fsp3) is 0.333. The molecule has 0 saturated heterocycles. The smallest absolute Gasteiger partial charge is 0.334 e. The molecule has 1 aromatic heterocycles. The van der Waals surface area contributed by atoms with Crippen LogP contribution < -0.4 is 0 Å². The molecule has 0 unspecified atom stereocenters. The van der Waals surface area contributed by atoms with E-state index in [1.165, 1.54) is 0 Å². The summed E-state index contributed by atoms with van der Waals surface area (Å²) in [5.74, 6) is 0.433. The maximum Gasteiger partial charge on any atom is 0.334 e. The summed E-state index contributed by atoms with van der Waals surface area (Å²) >= 11 is 0. The van der Waals surface area contributed by atoms with Gasteiger partial charge < -0.3 is 9.30 Å². The Morgan fingerprint density at radius 1 is 1.77 bits per heavy atom. The van der Waals surface area contributed by atoms with Crippen LogP contribution in [0.3, 0.4) is 0 Å². The van der Waals surface area contributed by atoms with Crippen LogP contribution in [0.4, 0.5) is 0 Å². The number of hydrogen-bond acceptors (Lipinski definition) is 3. The van der Waals surface area contributed by atoms with Gasteiger partial charge in [0.05, 0.1) is 0 Å². The van der Waals surface area contributed by atoms with Gasteiger partial charge in [0.15, 0.2) is 6.73 Å². The predicted octanol–water partition coefficient (Wildman–Crippen LogP) is 1.27. The summed E-state index contributed by atoms with van der Waals surface area (Å²) in [6.07, 6.45) is 3.41. The van der Waals surface area contributed by atoms with Crippen molar-refractivity contribution >= 4 is 5.97 Å². The van der Waals surface area contributed by atoms with E-state index >= 15 is 0 Å². The number of imidazole rings is 1. The topological polar surface area (TPSA) is 44.1 Å². The summed E-state index contributed by atoms with van der Waals surface area (Å²) in [6.45, 7) is 7.13. The molecule has 1 rings (SSSR count). The second-order valence-electron chi connectivity index (χ2n) is 2.79. The fourth-order valence-corrected chi connectivity index (χ4v) is 0.792. The highest BCUT2D eigenvalue weighted by atomic mass is 16.5. The van der Waals surface area contributed by atoms with Gasteiger partial charge in [-0.25, -0.2) is 9.78 Å². The summed E-state index contributed by atoms with van der Waals surface area (Å²) < 4.78 is 6.65. The molecule has 0 atom stereocenters. The molecule has 0 aliphatic heterocycles. The van der Waals surface area contributed by atoms with Gasteiger partial charge in [0, 0.05) is 18.0 Å². The molecule has 70 valence electrons. The largest absolute Gasteiger partial charge is 0.441 e. The van der Waals surface area contributed by atoms with Crippen molar-refractivity contribution in [1.82, 2.24) is 9.55 Å². The Kier molecular flexibility index (Phi) is 2.84. The molecule has 0 aromatic carbocycles. The molecule has 0 saturated carbocycles. The van der Waals surface area contributed by atoms with Gasteiger partial charge in [-0.1, -0.05) is 6.58 Å². The molecule has 4 nitrogen and oxygen atoms in total. The fourth-order valence-electron chi connectivity index (χ4n) is 0.792. The number of hydrogen-bond donors (Lipinski definition) is 0. The Balaban J connectivity index is 2.48. The van der Waals surface area contributed by atoms with Crippen molar-refractivity contribution in [2.24, 2.45) is 0 Å². The van der Waals surface area contributed by atoms with Gasteiger partial charge in [0.1, 0.15) is 5.82 Å². The first-order chi connectivity index (χ1) is 6.11. The lowest BCUT2D eigenvalue weighted by molar-refractivity contribution is -0.142. The molecule has 1 aromatic rings. The summed E-state index contributed by atoms with van der Waals surface area (Å²) in [6, 6.07) is 0. The molecule has 0 fully saturated rings. The third kappa shape index (κ3) is 2.43. The lowest BCUT2D eigenvalue weighted by atomic mass is 10.4. The zero-order valence-electron chi connectivity index (χ0n) is 7.78. The van der Waals surface area contributed by atoms with E-state index in [1.54, 1.807) is 23.9 Å². The molecule has 0 aliphatic rings. The van der Waals surface area contributed by atoms with E-state index in [4.69, 9.17) is 4.74 Å². The molecule has 0 amide bonds. The van der Waals surface area contributed by atoms with Crippen molar-refractivity contribution < 1.29 is 9.53 Å². The first-order valence-corrected chi connectivity index (χ1v) is 3.91. The van der Waals surface area contributed by atoms with E-state index in [0.717, 1.165) is 5.82 Å². The Hall–Kier alpha value is -1.58. The van der Waals surface area contributed by atoms with Crippen LogP contribution >= 0.6 is 0 Å². The SMILES string of the molecule is C=C(C)C(=O)OCn1ccnc1C. The molecule has 4 heteroatoms. The number of rotatable bonds is 3. The first-order valence-electron chi connectivity index (χ1n) is 3.91. The minimum absolute atomic E-state index is 0.192. The van der Waals surface area contributed by atoms with Crippen molar-refractivity contribution in [2.75, 3.05) is 0 Å². The standard InChI is InChI=1S/C9H12N2O2/c1-7(2)9(12)13-6-11-5-4-10-8(11)3/h4-5H,1,6H2,2-3H3. The summed E-state index contributed by atoms with van der Waals surface area (Å²) in [5.41, 5.74) is 0.401. The van der Waals surface area contributed by atoms with Crippen molar-refractivity contribution in [3.63, 3.8) is 0 Å². The maximum atomic E-state index is 11.0. The minimum Gasteiger partial charge on any atom is -0.441 e. The highest BCUT2D eigenvalue weighted by Crippen LogP contribution is 1.98. The van der Waals surface area contributed by atoms with Crippen LogP contribution in [0.25, 0.3) is 0 Å². The number of ether oxygens (including phenoxy) is 1. The van der Waals surface area contributed by atoms with Crippen LogP contribution in [0, 0.1) is 6.92 Å². The van der Waals surface area contributed by atoms with Crippen LogP contribution in [-0.2, 0) is 16.3 Å². The lowest BCUT2D eigenvalue weighted by Gasteiger charge is -2.05. The number of aromatic nitrogens is 2. The van der Waals surface area contributed by atoms with Gasteiger partial charge in [-0.15, -0.1) is 0 Å². The Bertz CT molecular complexity index is 328. The number of esters is 1. The Morgan fingerprint density at radius 3 is 2.92 bits per heavy atom. The monoisotopic (exact) mass is 180 g/mol. The summed E-state index contributed by atoms with van der Waals surface area (Å²) in [7, 11) is 0. The summed E-state index contributed by atoms with van der Waals surface area (Å²) in [5, 5.41) is 0. The number of nitrogens with zero attached hydrogens (tertiary/aromatic N) is 2. The Labute approximate surface area is 76.8 Å². The molecule has 1 heterocycles. The van der Waals surface area contributed by atoms with E-state index in [-0.39, 0.29) is 12.7 Å². The molecular formula is C9H12N2O2. The normalized spacial score (nSPS) is 9.69. The zero-order valence-corrected chi connectivity index (χ0v) is 7.78. The molecule has 0 N–H and O–H groups in total. The summed E-state index contributed by atoms with van der Waals surface area (Å²) in [4.78, 5) is 15.0. The van der Waals surface area contributed by atoms with Crippen molar-refractivity contribution in [3.05, 3.63) is 30.4 Å². The maximum absolute atomic E-state index is 11.0. The zero-order chi connectivity index (χ0) is 9.84. The number of carbonyl (C=O) groups is 1. The molecule has 0 bridgehead atoms. The van der Waals surface area contributed by atoms with E-state index < -0.39 is 0 Å². The average Bonchev–Trinajstić information content (AvgIpc) is 2.47. The molecule has 0 radical (unpaired) electrons. The number of carbonyl (C=O) groups excluding carboxylic acids is 1. The third-order valence-corrected chi connectivity index (χ3v) is 1.61. The van der Waals surface area contributed by atoms with Crippen molar-refractivity contribution in [3.8, 4) is 0 Å². The second kappa shape index (κ2) is 3.89. The van der Waals surface area contributed by atoms with Crippen LogP contribution in [0.5, 0.6) is 0 Å². The van der Waals surface area contributed by atoms with Crippen molar-refractivity contribution in [2.45, 2.75) is 20.6 Å². The van der Waals surface area contributed by atoms with Gasteiger partial charge in [-0.3, -0.25) is 0 Å². The highest BCUT2D eigenvalue weighted by molar-refractivity contribution is 5.86. The van der Waals surface area contributed by atoms with Gasteiger partial charge in [0.25, 0.3) is 0 Å². The molecular weight excluding hydrogens is 168 g/mol. The van der Waals surface area contributed by atoms with Crippen LogP contribution in [0.1, 0.15) is 12.7 Å². The third-order valence-electron chi connectivity index (χ3n) is 1.61. The lowest BCUT2D eigenvalue weighted by Crippen LogP contribution is -2.10. The highest BCUT2D eigenvalue weighted by Gasteiger charge is 2.03. The quantitative estimate of drug-likeness (QED) is 0.519. The average molecular weight is 180 g/mol. The van der Waals surface area contributed by atoms with E-state index in [1.807, 2.05) is 6.92 Å². The van der Waals surface area contributed by atoms with Gasteiger partial charge in [-0.2, -0.15) is 0 Å². The van der Waals surface area contributed by atoms with E-state index in [0.29, 0.717) is 5.57 Å². The van der Waals surface area contributed by atoms with Crippen LogP contribution in [0.15, 0.2) is 24.5 Å².